The fourth-order valence-corrected chi connectivity index (χ4v) is 1.35. The molecule has 15 heavy (non-hydrogen) atoms. The second-order valence-electron chi connectivity index (χ2n) is 2.52. The minimum absolute atomic E-state index is 0.221. The lowest BCUT2D eigenvalue weighted by molar-refractivity contribution is 0.342. The van der Waals surface area contributed by atoms with Gasteiger partial charge in [0.25, 0.3) is 10.1 Å². The van der Waals surface area contributed by atoms with Crippen LogP contribution in [0.3, 0.4) is 0 Å². The fraction of sp³-hybridized carbons (Fsp3) is 0.333. The summed E-state index contributed by atoms with van der Waals surface area (Å²) in [5.74, 6) is 0. The van der Waals surface area contributed by atoms with E-state index < -0.39 is 10.1 Å². The summed E-state index contributed by atoms with van der Waals surface area (Å²) in [5, 5.41) is 1.21. The minimum Gasteiger partial charge on any atom is -0.271 e. The van der Waals surface area contributed by atoms with E-state index in [2.05, 4.69) is 4.18 Å². The number of hydrogen-bond acceptors (Lipinski definition) is 3. The molecule has 3 nitrogen and oxygen atoms in total. The summed E-state index contributed by atoms with van der Waals surface area (Å²) < 4.78 is 24.2. The molecule has 6 heteroatoms. The Hall–Kier alpha value is -0.290. The van der Waals surface area contributed by atoms with Gasteiger partial charge in [-0.2, -0.15) is 8.42 Å². The highest BCUT2D eigenvalue weighted by Gasteiger charge is 1.94. The van der Waals surface area contributed by atoms with E-state index in [9.17, 15) is 8.42 Å². The summed E-state index contributed by atoms with van der Waals surface area (Å²) in [6.07, 6.45) is 1.02. The Morgan fingerprint density at radius 3 is 1.73 bits per heavy atom. The first-order valence-electron chi connectivity index (χ1n) is 4.11. The zero-order valence-corrected chi connectivity index (χ0v) is 10.7. The predicted molar refractivity (Wildman–Crippen MR) is 62.9 cm³/mol. The Morgan fingerprint density at radius 2 is 1.60 bits per heavy atom. The van der Waals surface area contributed by atoms with Crippen LogP contribution in [0.5, 0.6) is 0 Å². The van der Waals surface area contributed by atoms with Gasteiger partial charge in [0.05, 0.1) is 22.9 Å². The lowest BCUT2D eigenvalue weighted by atomic mass is 10.4. The molecule has 1 aromatic rings. The first kappa shape index (κ1) is 14.7. The van der Waals surface area contributed by atoms with Gasteiger partial charge >= 0.3 is 0 Å². The molecule has 1 aromatic carbocycles. The maximum absolute atomic E-state index is 10.0. The monoisotopic (exact) mass is 270 g/mol. The van der Waals surface area contributed by atoms with Gasteiger partial charge < -0.3 is 0 Å². The predicted octanol–water partition coefficient (Wildman–Crippen LogP) is 2.98. The summed E-state index contributed by atoms with van der Waals surface area (Å²) >= 11 is 11.2. The first-order chi connectivity index (χ1) is 6.87. The Labute approximate surface area is 100 Å². The van der Waals surface area contributed by atoms with E-state index in [0.717, 1.165) is 6.26 Å². The number of benzene rings is 1. The zero-order valence-electron chi connectivity index (χ0n) is 8.41. The Bertz CT molecular complexity index is 369. The molecule has 86 valence electrons. The van der Waals surface area contributed by atoms with E-state index in [0.29, 0.717) is 10.0 Å². The number of halogens is 2. The van der Waals surface area contributed by atoms with Crippen LogP contribution >= 0.6 is 23.2 Å². The Balaban J connectivity index is 0.000000265. The van der Waals surface area contributed by atoms with Crippen molar-refractivity contribution in [1.29, 1.82) is 0 Å². The van der Waals surface area contributed by atoms with Crippen molar-refractivity contribution in [2.24, 2.45) is 0 Å². The van der Waals surface area contributed by atoms with Crippen molar-refractivity contribution < 1.29 is 12.6 Å². The molecule has 0 aliphatic carbocycles. The lowest BCUT2D eigenvalue weighted by Gasteiger charge is -1.90. The third-order valence-corrected chi connectivity index (χ3v) is 2.58. The summed E-state index contributed by atoms with van der Waals surface area (Å²) in [4.78, 5) is 0. The largest absolute Gasteiger partial charge is 0.271 e. The van der Waals surface area contributed by atoms with Gasteiger partial charge in [-0.3, -0.25) is 4.18 Å². The molecule has 1 rings (SSSR count). The normalized spacial score (nSPS) is 10.4. The van der Waals surface area contributed by atoms with E-state index in [-0.39, 0.29) is 6.61 Å². The second kappa shape index (κ2) is 7.06. The molecule has 0 aliphatic heterocycles. The topological polar surface area (TPSA) is 43.4 Å². The quantitative estimate of drug-likeness (QED) is 0.777. The van der Waals surface area contributed by atoms with Crippen LogP contribution in [-0.2, 0) is 14.3 Å². The standard InChI is InChI=1S/C6H4Cl2.C3H8O3S/c7-5-3-1-2-4-6(5)8;1-3-6-7(2,4)5/h1-4H;3H2,1-2H3. The summed E-state index contributed by atoms with van der Waals surface area (Å²) in [7, 11) is -3.17. The van der Waals surface area contributed by atoms with Gasteiger partial charge in [0, 0.05) is 0 Å². The molecule has 0 atom stereocenters. The molecular formula is C9H12Cl2O3S. The number of hydrogen-bond donors (Lipinski definition) is 0. The van der Waals surface area contributed by atoms with Crippen molar-refractivity contribution >= 4 is 33.3 Å². The summed E-state index contributed by atoms with van der Waals surface area (Å²) in [6, 6.07) is 7.19. The lowest BCUT2D eigenvalue weighted by Crippen LogP contribution is -2.00. The van der Waals surface area contributed by atoms with E-state index in [4.69, 9.17) is 23.2 Å². The molecule has 0 radical (unpaired) electrons. The molecule has 0 N–H and O–H groups in total. The van der Waals surface area contributed by atoms with Crippen LogP contribution in [0.15, 0.2) is 24.3 Å². The first-order valence-corrected chi connectivity index (χ1v) is 6.68. The molecule has 0 aliphatic rings. The van der Waals surface area contributed by atoms with Crippen LogP contribution in [-0.4, -0.2) is 21.3 Å². The van der Waals surface area contributed by atoms with Crippen molar-refractivity contribution in [3.05, 3.63) is 34.3 Å². The average Bonchev–Trinajstić information content (AvgIpc) is 2.09. The molecule has 0 saturated heterocycles. The summed E-state index contributed by atoms with van der Waals surface area (Å²) in [6.45, 7) is 1.85. The van der Waals surface area contributed by atoms with Crippen LogP contribution < -0.4 is 0 Å². The second-order valence-corrected chi connectivity index (χ2v) is 4.98. The van der Waals surface area contributed by atoms with E-state index in [1.807, 2.05) is 12.1 Å². The van der Waals surface area contributed by atoms with E-state index in [1.165, 1.54) is 0 Å². The van der Waals surface area contributed by atoms with Gasteiger partial charge in [0.1, 0.15) is 0 Å². The minimum atomic E-state index is -3.17. The number of rotatable bonds is 2. The SMILES string of the molecule is CCOS(C)(=O)=O.Clc1ccccc1Cl. The van der Waals surface area contributed by atoms with Crippen LogP contribution in [0.25, 0.3) is 0 Å². The molecule has 0 unspecified atom stereocenters. The fourth-order valence-electron chi connectivity index (χ4n) is 0.653. The van der Waals surface area contributed by atoms with Crippen LogP contribution in [0.2, 0.25) is 10.0 Å². The Morgan fingerprint density at radius 1 is 1.20 bits per heavy atom. The van der Waals surface area contributed by atoms with Crippen molar-refractivity contribution in [1.82, 2.24) is 0 Å². The maximum Gasteiger partial charge on any atom is 0.264 e. The highest BCUT2D eigenvalue weighted by atomic mass is 35.5. The van der Waals surface area contributed by atoms with Gasteiger partial charge in [-0.05, 0) is 19.1 Å². The van der Waals surface area contributed by atoms with Gasteiger partial charge in [-0.1, -0.05) is 35.3 Å². The zero-order chi connectivity index (χ0) is 11.9. The van der Waals surface area contributed by atoms with Crippen molar-refractivity contribution in [3.63, 3.8) is 0 Å². The molecule has 0 aromatic heterocycles. The van der Waals surface area contributed by atoms with E-state index >= 15 is 0 Å². The molecule has 0 saturated carbocycles. The molecule has 0 spiro atoms. The Kier molecular flexibility index (Phi) is 6.92. The molecule has 0 heterocycles. The van der Waals surface area contributed by atoms with Crippen molar-refractivity contribution in [3.8, 4) is 0 Å². The van der Waals surface area contributed by atoms with Gasteiger partial charge in [0.15, 0.2) is 0 Å². The third kappa shape index (κ3) is 8.69. The highest BCUT2D eigenvalue weighted by Crippen LogP contribution is 2.19. The van der Waals surface area contributed by atoms with Crippen LogP contribution in [0, 0.1) is 0 Å². The highest BCUT2D eigenvalue weighted by molar-refractivity contribution is 7.85. The molecule has 0 bridgehead atoms. The average molecular weight is 271 g/mol. The van der Waals surface area contributed by atoms with Crippen LogP contribution in [0.1, 0.15) is 6.92 Å². The van der Waals surface area contributed by atoms with E-state index in [1.54, 1.807) is 19.1 Å². The molecule has 0 fully saturated rings. The van der Waals surface area contributed by atoms with Crippen molar-refractivity contribution in [2.75, 3.05) is 12.9 Å². The molecule has 0 amide bonds. The third-order valence-electron chi connectivity index (χ3n) is 1.16. The van der Waals surface area contributed by atoms with Gasteiger partial charge in [-0.25, -0.2) is 0 Å². The smallest absolute Gasteiger partial charge is 0.264 e. The maximum atomic E-state index is 10.0. The molecular weight excluding hydrogens is 259 g/mol. The van der Waals surface area contributed by atoms with Crippen molar-refractivity contribution in [2.45, 2.75) is 6.92 Å². The van der Waals surface area contributed by atoms with Crippen LogP contribution in [0.4, 0.5) is 0 Å². The summed E-state index contributed by atoms with van der Waals surface area (Å²) in [5.41, 5.74) is 0. The van der Waals surface area contributed by atoms with Gasteiger partial charge in [0.2, 0.25) is 0 Å². The van der Waals surface area contributed by atoms with Gasteiger partial charge in [-0.15, -0.1) is 0 Å².